The Morgan fingerprint density at radius 1 is 1.60 bits per heavy atom. The number of carbonyl (C=O) groups excluding carboxylic acids is 2. The number of aromatic nitrogens is 1. The average Bonchev–Trinajstić information content (AvgIpc) is 3.08. The number of oxazole rings is 1. The highest BCUT2D eigenvalue weighted by Crippen LogP contribution is 2.34. The highest BCUT2D eigenvalue weighted by atomic mass is 16.5. The summed E-state index contributed by atoms with van der Waals surface area (Å²) in [6.07, 6.45) is 4.39. The molecule has 0 aromatic carbocycles. The van der Waals surface area contributed by atoms with Gasteiger partial charge >= 0.3 is 0 Å². The maximum absolute atomic E-state index is 12.5. The molecule has 2 rings (SSSR count). The zero-order valence-corrected chi connectivity index (χ0v) is 11.7. The molecule has 0 saturated carbocycles. The second-order valence-electron chi connectivity index (χ2n) is 4.93. The molecule has 1 aromatic heterocycles. The maximum atomic E-state index is 12.5. The van der Waals surface area contributed by atoms with Gasteiger partial charge in [-0.2, -0.15) is 0 Å². The first-order chi connectivity index (χ1) is 9.63. The molecular formula is C13H19N3O4. The van der Waals surface area contributed by atoms with Crippen molar-refractivity contribution in [2.45, 2.75) is 24.8 Å². The number of hydrogen-bond donors (Lipinski definition) is 1. The number of rotatable bonds is 5. The van der Waals surface area contributed by atoms with Gasteiger partial charge in [0.1, 0.15) is 0 Å². The molecule has 1 aromatic rings. The van der Waals surface area contributed by atoms with E-state index in [9.17, 15) is 9.59 Å². The highest BCUT2D eigenvalue weighted by Gasteiger charge is 2.46. The predicted octanol–water partition coefficient (Wildman–Crippen LogP) is 0.432. The number of nitrogens with zero attached hydrogens (tertiary/aromatic N) is 2. The van der Waals surface area contributed by atoms with Gasteiger partial charge in [-0.1, -0.05) is 0 Å². The summed E-state index contributed by atoms with van der Waals surface area (Å²) in [5.74, 6) is -0.176. The predicted molar refractivity (Wildman–Crippen MR) is 70.1 cm³/mol. The van der Waals surface area contributed by atoms with Crippen molar-refractivity contribution in [2.75, 3.05) is 27.3 Å². The summed E-state index contributed by atoms with van der Waals surface area (Å²) in [5.41, 5.74) is -0.612. The minimum atomic E-state index is -0.612. The molecule has 1 N–H and O–H groups in total. The normalized spacial score (nSPS) is 22.0. The SMILES string of the molecule is CNC(=O)CC1(COC)CCCN1C(=O)c1cnco1. The van der Waals surface area contributed by atoms with E-state index in [1.165, 1.54) is 12.6 Å². The summed E-state index contributed by atoms with van der Waals surface area (Å²) >= 11 is 0. The Bertz CT molecular complexity index is 474. The van der Waals surface area contributed by atoms with Crippen LogP contribution in [0.25, 0.3) is 0 Å². The van der Waals surface area contributed by atoms with E-state index < -0.39 is 5.54 Å². The van der Waals surface area contributed by atoms with Gasteiger partial charge in [0.2, 0.25) is 11.7 Å². The summed E-state index contributed by atoms with van der Waals surface area (Å²) in [6.45, 7) is 0.903. The number of likely N-dealkylation sites (tertiary alicyclic amines) is 1. The quantitative estimate of drug-likeness (QED) is 0.846. The fourth-order valence-corrected chi connectivity index (χ4v) is 2.75. The third-order valence-corrected chi connectivity index (χ3v) is 3.67. The van der Waals surface area contributed by atoms with Crippen molar-refractivity contribution >= 4 is 11.8 Å². The van der Waals surface area contributed by atoms with Crippen molar-refractivity contribution in [3.63, 3.8) is 0 Å². The Morgan fingerprint density at radius 3 is 3.00 bits per heavy atom. The number of carbonyl (C=O) groups is 2. The lowest BCUT2D eigenvalue weighted by molar-refractivity contribution is -0.123. The maximum Gasteiger partial charge on any atom is 0.291 e. The van der Waals surface area contributed by atoms with Crippen LogP contribution in [0.1, 0.15) is 29.8 Å². The third kappa shape index (κ3) is 2.67. The second kappa shape index (κ2) is 6.04. The van der Waals surface area contributed by atoms with E-state index in [2.05, 4.69) is 10.3 Å². The van der Waals surface area contributed by atoms with Crippen LogP contribution in [0.3, 0.4) is 0 Å². The van der Waals surface area contributed by atoms with Crippen molar-refractivity contribution in [2.24, 2.45) is 0 Å². The first-order valence-corrected chi connectivity index (χ1v) is 6.53. The molecule has 7 heteroatoms. The van der Waals surface area contributed by atoms with E-state index in [1.54, 1.807) is 19.1 Å². The van der Waals surface area contributed by atoms with Crippen molar-refractivity contribution in [3.8, 4) is 0 Å². The zero-order chi connectivity index (χ0) is 14.6. The van der Waals surface area contributed by atoms with Crippen LogP contribution in [-0.4, -0.2) is 54.5 Å². The van der Waals surface area contributed by atoms with Crippen LogP contribution in [0.4, 0.5) is 0 Å². The van der Waals surface area contributed by atoms with Gasteiger partial charge in [0, 0.05) is 20.7 Å². The molecular weight excluding hydrogens is 262 g/mol. The van der Waals surface area contributed by atoms with Crippen LogP contribution in [0.2, 0.25) is 0 Å². The summed E-state index contributed by atoms with van der Waals surface area (Å²) in [7, 11) is 3.15. The fourth-order valence-electron chi connectivity index (χ4n) is 2.75. The lowest BCUT2D eigenvalue weighted by atomic mass is 9.92. The third-order valence-electron chi connectivity index (χ3n) is 3.67. The van der Waals surface area contributed by atoms with Gasteiger partial charge in [0.25, 0.3) is 5.91 Å². The molecule has 1 unspecified atom stereocenters. The number of ether oxygens (including phenoxy) is 1. The van der Waals surface area contributed by atoms with Crippen LogP contribution in [0, 0.1) is 0 Å². The standard InChI is InChI=1S/C13H19N3O4/c1-14-11(17)6-13(8-19-2)4-3-5-16(13)12(18)10-7-15-9-20-10/h7,9H,3-6,8H2,1-2H3,(H,14,17). The Balaban J connectivity index is 2.24. The van der Waals surface area contributed by atoms with Gasteiger partial charge in [-0.15, -0.1) is 0 Å². The van der Waals surface area contributed by atoms with Crippen LogP contribution in [-0.2, 0) is 9.53 Å². The molecule has 20 heavy (non-hydrogen) atoms. The molecule has 2 amide bonds. The van der Waals surface area contributed by atoms with E-state index in [0.717, 1.165) is 12.8 Å². The number of amides is 2. The molecule has 2 heterocycles. The lowest BCUT2D eigenvalue weighted by Gasteiger charge is -2.37. The van der Waals surface area contributed by atoms with Gasteiger partial charge in [-0.05, 0) is 12.8 Å². The van der Waals surface area contributed by atoms with Gasteiger partial charge in [-0.3, -0.25) is 9.59 Å². The highest BCUT2D eigenvalue weighted by molar-refractivity contribution is 5.92. The number of methoxy groups -OCH3 is 1. The number of nitrogens with one attached hydrogen (secondary N) is 1. The minimum Gasteiger partial charge on any atom is -0.438 e. The van der Waals surface area contributed by atoms with E-state index in [4.69, 9.17) is 9.15 Å². The van der Waals surface area contributed by atoms with Gasteiger partial charge in [0.05, 0.1) is 24.8 Å². The van der Waals surface area contributed by atoms with Crippen molar-refractivity contribution < 1.29 is 18.7 Å². The van der Waals surface area contributed by atoms with Crippen LogP contribution in [0.5, 0.6) is 0 Å². The molecule has 7 nitrogen and oxygen atoms in total. The van der Waals surface area contributed by atoms with E-state index in [1.807, 2.05) is 0 Å². The van der Waals surface area contributed by atoms with E-state index in [-0.39, 0.29) is 24.0 Å². The Labute approximate surface area is 117 Å². The summed E-state index contributed by atoms with van der Waals surface area (Å²) < 4.78 is 10.3. The smallest absolute Gasteiger partial charge is 0.291 e. The molecule has 1 aliphatic heterocycles. The monoisotopic (exact) mass is 281 g/mol. The van der Waals surface area contributed by atoms with Crippen LogP contribution >= 0.6 is 0 Å². The first-order valence-electron chi connectivity index (χ1n) is 6.53. The van der Waals surface area contributed by atoms with Crippen molar-refractivity contribution in [1.82, 2.24) is 15.2 Å². The Hall–Kier alpha value is -1.89. The van der Waals surface area contributed by atoms with E-state index in [0.29, 0.717) is 13.2 Å². The van der Waals surface area contributed by atoms with Crippen molar-refractivity contribution in [1.29, 1.82) is 0 Å². The Morgan fingerprint density at radius 2 is 2.40 bits per heavy atom. The summed E-state index contributed by atoms with van der Waals surface area (Å²) in [6, 6.07) is 0. The molecule has 1 fully saturated rings. The van der Waals surface area contributed by atoms with Gasteiger partial charge in [0.15, 0.2) is 6.39 Å². The second-order valence-corrected chi connectivity index (χ2v) is 4.93. The van der Waals surface area contributed by atoms with Gasteiger partial charge < -0.3 is 19.4 Å². The van der Waals surface area contributed by atoms with Gasteiger partial charge in [-0.25, -0.2) is 4.98 Å². The molecule has 1 aliphatic rings. The van der Waals surface area contributed by atoms with E-state index >= 15 is 0 Å². The Kier molecular flexibility index (Phi) is 4.39. The topological polar surface area (TPSA) is 84.7 Å². The first kappa shape index (κ1) is 14.5. The lowest BCUT2D eigenvalue weighted by Crippen LogP contribution is -2.52. The molecule has 0 aliphatic carbocycles. The summed E-state index contributed by atoms with van der Waals surface area (Å²) in [5, 5.41) is 2.60. The number of hydrogen-bond acceptors (Lipinski definition) is 5. The zero-order valence-electron chi connectivity index (χ0n) is 11.7. The molecule has 1 atom stereocenters. The molecule has 110 valence electrons. The fraction of sp³-hybridized carbons (Fsp3) is 0.615. The molecule has 0 radical (unpaired) electrons. The van der Waals surface area contributed by atoms with Crippen LogP contribution in [0.15, 0.2) is 17.0 Å². The van der Waals surface area contributed by atoms with Crippen molar-refractivity contribution in [3.05, 3.63) is 18.4 Å². The van der Waals surface area contributed by atoms with Crippen LogP contribution < -0.4 is 5.32 Å². The average molecular weight is 281 g/mol. The molecule has 0 spiro atoms. The molecule has 0 bridgehead atoms. The minimum absolute atomic E-state index is 0.112. The molecule has 1 saturated heterocycles. The largest absolute Gasteiger partial charge is 0.438 e. The summed E-state index contributed by atoms with van der Waals surface area (Å²) in [4.78, 5) is 29.7.